The number of esters is 1. The monoisotopic (exact) mass is 293 g/mol. The molecule has 2 N–H and O–H groups in total. The van der Waals surface area contributed by atoms with Gasteiger partial charge in [0.1, 0.15) is 17.1 Å². The Morgan fingerprint density at radius 2 is 2.14 bits per heavy atom. The predicted molar refractivity (Wildman–Crippen MR) is 75.0 cm³/mol. The van der Waals surface area contributed by atoms with E-state index in [4.69, 9.17) is 9.84 Å². The molecule has 1 aliphatic heterocycles. The minimum atomic E-state index is -0.786. The van der Waals surface area contributed by atoms with Crippen LogP contribution < -0.4 is 0 Å². The second-order valence-corrected chi connectivity index (χ2v) is 5.36. The number of aromatic hydroxyl groups is 2. The largest absolute Gasteiger partial charge is 0.508 e. The maximum absolute atomic E-state index is 12.0. The number of phenolic OH excluding ortho intramolecular Hbond substituents is 2. The number of carbonyl (C=O) groups is 2. The molecule has 0 aliphatic carbocycles. The lowest BCUT2D eigenvalue weighted by Gasteiger charge is -2.30. The van der Waals surface area contributed by atoms with Crippen LogP contribution in [0.5, 0.6) is 11.5 Å². The van der Waals surface area contributed by atoms with Crippen LogP contribution in [0, 0.1) is 5.92 Å². The summed E-state index contributed by atoms with van der Waals surface area (Å²) in [5, 5.41) is 18.7. The highest BCUT2D eigenvalue weighted by atomic mass is 16.5. The van der Waals surface area contributed by atoms with E-state index in [9.17, 15) is 14.7 Å². The summed E-state index contributed by atoms with van der Waals surface area (Å²) in [4.78, 5) is 25.5. The highest BCUT2D eigenvalue weighted by Crippen LogP contribution is 2.23. The number of rotatable bonds is 3. The van der Waals surface area contributed by atoms with E-state index in [0.29, 0.717) is 19.0 Å². The predicted octanol–water partition coefficient (Wildman–Crippen LogP) is 1.51. The Morgan fingerprint density at radius 1 is 1.38 bits per heavy atom. The second-order valence-electron chi connectivity index (χ2n) is 5.36. The van der Waals surface area contributed by atoms with Crippen LogP contribution in [0.3, 0.4) is 0 Å². The fourth-order valence-electron chi connectivity index (χ4n) is 2.40. The van der Waals surface area contributed by atoms with Crippen LogP contribution in [0.1, 0.15) is 30.1 Å². The minimum absolute atomic E-state index is 0.0763. The normalized spacial score (nSPS) is 18.3. The third-order valence-corrected chi connectivity index (χ3v) is 3.54. The standard InChI is InChI=1S/C15H19NO5/c1-10-3-2-6-16(8-10)14(19)9-21-15(20)12-5-4-11(17)7-13(12)18/h4-5,7,10,17-18H,2-3,6,8-9H2,1H3. The Kier molecular flexibility index (Phi) is 4.67. The zero-order chi connectivity index (χ0) is 15.4. The molecule has 0 bridgehead atoms. The van der Waals surface area contributed by atoms with Gasteiger partial charge in [-0.25, -0.2) is 4.79 Å². The number of ether oxygens (including phenoxy) is 1. The number of phenols is 2. The number of likely N-dealkylation sites (tertiary alicyclic amines) is 1. The molecule has 1 aromatic rings. The van der Waals surface area contributed by atoms with Gasteiger partial charge in [-0.2, -0.15) is 0 Å². The van der Waals surface area contributed by atoms with Gasteiger partial charge in [0.2, 0.25) is 0 Å². The lowest BCUT2D eigenvalue weighted by atomic mass is 10.0. The molecule has 1 fully saturated rings. The Balaban J connectivity index is 1.90. The molecule has 1 aromatic carbocycles. The maximum Gasteiger partial charge on any atom is 0.342 e. The van der Waals surface area contributed by atoms with E-state index in [1.807, 2.05) is 0 Å². The fourth-order valence-corrected chi connectivity index (χ4v) is 2.40. The lowest BCUT2D eigenvalue weighted by Crippen LogP contribution is -2.41. The molecule has 0 saturated carbocycles. The van der Waals surface area contributed by atoms with Crippen LogP contribution in [0.25, 0.3) is 0 Å². The van der Waals surface area contributed by atoms with Gasteiger partial charge in [0, 0.05) is 19.2 Å². The van der Waals surface area contributed by atoms with Gasteiger partial charge in [0.05, 0.1) is 0 Å². The van der Waals surface area contributed by atoms with Crippen molar-refractivity contribution in [3.05, 3.63) is 23.8 Å². The molecule has 0 spiro atoms. The first-order chi connectivity index (χ1) is 9.97. The topological polar surface area (TPSA) is 87.1 Å². The Hall–Kier alpha value is -2.24. The summed E-state index contributed by atoms with van der Waals surface area (Å²) in [5.74, 6) is -1.08. The Bertz CT molecular complexity index is 543. The molecule has 21 heavy (non-hydrogen) atoms. The van der Waals surface area contributed by atoms with Crippen LogP contribution in [-0.4, -0.2) is 46.7 Å². The molecule has 0 aromatic heterocycles. The third-order valence-electron chi connectivity index (χ3n) is 3.54. The zero-order valence-corrected chi connectivity index (χ0v) is 11.9. The van der Waals surface area contributed by atoms with Crippen molar-refractivity contribution in [3.8, 4) is 11.5 Å². The molecular formula is C15H19NO5. The van der Waals surface area contributed by atoms with Gasteiger partial charge in [-0.15, -0.1) is 0 Å². The second kappa shape index (κ2) is 6.47. The quantitative estimate of drug-likeness (QED) is 0.825. The molecule has 6 nitrogen and oxygen atoms in total. The smallest absolute Gasteiger partial charge is 0.342 e. The van der Waals surface area contributed by atoms with Crippen molar-refractivity contribution >= 4 is 11.9 Å². The summed E-state index contributed by atoms with van der Waals surface area (Å²) >= 11 is 0. The average molecular weight is 293 g/mol. The number of benzene rings is 1. The maximum atomic E-state index is 12.0. The zero-order valence-electron chi connectivity index (χ0n) is 11.9. The number of amides is 1. The van der Waals surface area contributed by atoms with Crippen molar-refractivity contribution in [2.75, 3.05) is 19.7 Å². The summed E-state index contributed by atoms with van der Waals surface area (Å²) < 4.78 is 4.93. The summed E-state index contributed by atoms with van der Waals surface area (Å²) in [6.45, 7) is 3.11. The summed E-state index contributed by atoms with van der Waals surface area (Å²) in [7, 11) is 0. The highest BCUT2D eigenvalue weighted by molar-refractivity contribution is 5.94. The number of nitrogens with zero attached hydrogens (tertiary/aromatic N) is 1. The third kappa shape index (κ3) is 3.87. The van der Waals surface area contributed by atoms with Crippen LogP contribution in [-0.2, 0) is 9.53 Å². The van der Waals surface area contributed by atoms with Crippen molar-refractivity contribution < 1.29 is 24.5 Å². The molecule has 1 saturated heterocycles. The van der Waals surface area contributed by atoms with Gasteiger partial charge in [-0.1, -0.05) is 6.92 Å². The fraction of sp³-hybridized carbons (Fsp3) is 0.467. The molecule has 114 valence electrons. The average Bonchev–Trinajstić information content (AvgIpc) is 2.44. The molecule has 1 atom stereocenters. The van der Waals surface area contributed by atoms with Crippen molar-refractivity contribution in [1.82, 2.24) is 4.90 Å². The first-order valence-electron chi connectivity index (χ1n) is 6.94. The van der Waals surface area contributed by atoms with E-state index in [1.165, 1.54) is 12.1 Å². The summed E-state index contributed by atoms with van der Waals surface area (Å²) in [6.07, 6.45) is 2.06. The van der Waals surface area contributed by atoms with Gasteiger partial charge in [-0.3, -0.25) is 4.79 Å². The van der Waals surface area contributed by atoms with E-state index in [1.54, 1.807) is 4.90 Å². The molecule has 1 heterocycles. The first-order valence-corrected chi connectivity index (χ1v) is 6.94. The van der Waals surface area contributed by atoms with Gasteiger partial charge >= 0.3 is 5.97 Å². The van der Waals surface area contributed by atoms with E-state index >= 15 is 0 Å². The van der Waals surface area contributed by atoms with Gasteiger partial charge in [0.15, 0.2) is 6.61 Å². The molecule has 2 rings (SSSR count). The van der Waals surface area contributed by atoms with Crippen molar-refractivity contribution in [1.29, 1.82) is 0 Å². The Morgan fingerprint density at radius 3 is 2.81 bits per heavy atom. The van der Waals surface area contributed by atoms with Crippen LogP contribution in [0.4, 0.5) is 0 Å². The molecule has 0 radical (unpaired) electrons. The number of carbonyl (C=O) groups excluding carboxylic acids is 2. The van der Waals surface area contributed by atoms with Crippen molar-refractivity contribution in [3.63, 3.8) is 0 Å². The molecule has 6 heteroatoms. The number of hydrogen-bond donors (Lipinski definition) is 2. The number of piperidine rings is 1. The van der Waals surface area contributed by atoms with E-state index in [-0.39, 0.29) is 29.6 Å². The summed E-state index contributed by atoms with van der Waals surface area (Å²) in [6, 6.07) is 3.57. The van der Waals surface area contributed by atoms with Gasteiger partial charge in [-0.05, 0) is 30.9 Å². The molecule has 1 unspecified atom stereocenters. The van der Waals surface area contributed by atoms with E-state index in [0.717, 1.165) is 18.9 Å². The molecule has 1 amide bonds. The van der Waals surface area contributed by atoms with Crippen LogP contribution >= 0.6 is 0 Å². The summed E-state index contributed by atoms with van der Waals surface area (Å²) in [5.41, 5.74) is -0.0763. The SMILES string of the molecule is CC1CCCN(C(=O)COC(=O)c2ccc(O)cc2O)C1. The van der Waals surface area contributed by atoms with Gasteiger partial charge in [0.25, 0.3) is 5.91 Å². The Labute approximate surface area is 122 Å². The molecular weight excluding hydrogens is 274 g/mol. The van der Waals surface area contributed by atoms with Crippen LogP contribution in [0.15, 0.2) is 18.2 Å². The van der Waals surface area contributed by atoms with Gasteiger partial charge < -0.3 is 19.8 Å². The minimum Gasteiger partial charge on any atom is -0.508 e. The lowest BCUT2D eigenvalue weighted by molar-refractivity contribution is -0.136. The highest BCUT2D eigenvalue weighted by Gasteiger charge is 2.22. The van der Waals surface area contributed by atoms with E-state index < -0.39 is 5.97 Å². The van der Waals surface area contributed by atoms with Crippen molar-refractivity contribution in [2.24, 2.45) is 5.92 Å². The first kappa shape index (κ1) is 15.2. The number of hydrogen-bond acceptors (Lipinski definition) is 5. The van der Waals surface area contributed by atoms with E-state index in [2.05, 4.69) is 6.92 Å². The van der Waals surface area contributed by atoms with Crippen LogP contribution in [0.2, 0.25) is 0 Å². The van der Waals surface area contributed by atoms with Crippen molar-refractivity contribution in [2.45, 2.75) is 19.8 Å². The molecule has 1 aliphatic rings.